The highest BCUT2D eigenvalue weighted by Crippen LogP contribution is 2.11. The molecule has 0 saturated heterocycles. The Hall–Kier alpha value is -1.33. The Kier molecular flexibility index (Phi) is 6.46. The molecule has 0 aliphatic rings. The van der Waals surface area contributed by atoms with E-state index in [4.69, 9.17) is 9.52 Å². The molecule has 18 heavy (non-hydrogen) atoms. The molecule has 0 radical (unpaired) electrons. The predicted molar refractivity (Wildman–Crippen MR) is 67.2 cm³/mol. The molecule has 0 amide bonds. The molecule has 0 bridgehead atoms. The number of hydrogen-bond acceptors (Lipinski definition) is 5. The molecule has 0 spiro atoms. The van der Waals surface area contributed by atoms with E-state index in [-0.39, 0.29) is 12.4 Å². The van der Waals surface area contributed by atoms with Gasteiger partial charge in [0.25, 0.3) is 0 Å². The summed E-state index contributed by atoms with van der Waals surface area (Å²) < 4.78 is 9.70. The lowest BCUT2D eigenvalue weighted by atomic mass is 10.1. The van der Waals surface area contributed by atoms with Crippen molar-refractivity contribution >= 4 is 5.97 Å². The van der Waals surface area contributed by atoms with Crippen LogP contribution in [0.5, 0.6) is 0 Å². The van der Waals surface area contributed by atoms with E-state index >= 15 is 0 Å². The van der Waals surface area contributed by atoms with E-state index in [9.17, 15) is 4.79 Å². The average molecular weight is 255 g/mol. The summed E-state index contributed by atoms with van der Waals surface area (Å²) in [5.74, 6) is 0.144. The van der Waals surface area contributed by atoms with E-state index in [1.807, 2.05) is 6.92 Å². The molecule has 1 atom stereocenters. The predicted octanol–water partition coefficient (Wildman–Crippen LogP) is 1.56. The SMILES string of the molecule is COC(=O)c1occc1CNCCCC(C)CO. The molecular formula is C13H21NO4. The smallest absolute Gasteiger partial charge is 0.374 e. The van der Waals surface area contributed by atoms with Crippen molar-refractivity contribution in [1.29, 1.82) is 0 Å². The fourth-order valence-electron chi connectivity index (χ4n) is 1.64. The van der Waals surface area contributed by atoms with E-state index in [2.05, 4.69) is 10.1 Å². The minimum Gasteiger partial charge on any atom is -0.463 e. The summed E-state index contributed by atoms with van der Waals surface area (Å²) in [6.45, 7) is 3.67. The van der Waals surface area contributed by atoms with Crippen LogP contribution in [0, 0.1) is 5.92 Å². The quantitative estimate of drug-likeness (QED) is 0.545. The van der Waals surface area contributed by atoms with Crippen LogP contribution in [0.3, 0.4) is 0 Å². The number of ether oxygens (including phenoxy) is 1. The van der Waals surface area contributed by atoms with Crippen molar-refractivity contribution in [2.24, 2.45) is 5.92 Å². The fraction of sp³-hybridized carbons (Fsp3) is 0.615. The zero-order valence-electron chi connectivity index (χ0n) is 10.9. The summed E-state index contributed by atoms with van der Waals surface area (Å²) in [7, 11) is 1.33. The fourth-order valence-corrected chi connectivity index (χ4v) is 1.64. The van der Waals surface area contributed by atoms with Crippen molar-refractivity contribution in [2.45, 2.75) is 26.3 Å². The van der Waals surface area contributed by atoms with E-state index in [1.54, 1.807) is 6.07 Å². The van der Waals surface area contributed by atoms with Gasteiger partial charge in [-0.2, -0.15) is 0 Å². The van der Waals surface area contributed by atoms with E-state index < -0.39 is 5.97 Å². The summed E-state index contributed by atoms with van der Waals surface area (Å²) in [6.07, 6.45) is 3.46. The highest BCUT2D eigenvalue weighted by molar-refractivity contribution is 5.87. The van der Waals surface area contributed by atoms with Crippen molar-refractivity contribution in [2.75, 3.05) is 20.3 Å². The summed E-state index contributed by atoms with van der Waals surface area (Å²) in [4.78, 5) is 11.3. The Balaban J connectivity index is 2.27. The van der Waals surface area contributed by atoms with Gasteiger partial charge in [-0.15, -0.1) is 0 Å². The molecule has 0 aliphatic carbocycles. The van der Waals surface area contributed by atoms with Gasteiger partial charge in [-0.05, 0) is 31.4 Å². The number of aliphatic hydroxyl groups excluding tert-OH is 1. The molecule has 1 aromatic heterocycles. The van der Waals surface area contributed by atoms with Crippen molar-refractivity contribution < 1.29 is 19.1 Å². The number of methoxy groups -OCH3 is 1. The first-order chi connectivity index (χ1) is 8.69. The number of hydrogen-bond donors (Lipinski definition) is 2. The van der Waals surface area contributed by atoms with Crippen molar-refractivity contribution in [3.05, 3.63) is 23.7 Å². The van der Waals surface area contributed by atoms with Gasteiger partial charge in [0.05, 0.1) is 13.4 Å². The van der Waals surface area contributed by atoms with Gasteiger partial charge in [-0.1, -0.05) is 6.92 Å². The second-order valence-electron chi connectivity index (χ2n) is 4.37. The van der Waals surface area contributed by atoms with Gasteiger partial charge in [0.1, 0.15) is 0 Å². The third kappa shape index (κ3) is 4.50. The topological polar surface area (TPSA) is 71.7 Å². The third-order valence-electron chi connectivity index (χ3n) is 2.80. The number of carbonyl (C=O) groups is 1. The van der Waals surface area contributed by atoms with Gasteiger partial charge < -0.3 is 19.6 Å². The Morgan fingerprint density at radius 2 is 2.39 bits per heavy atom. The molecule has 0 fully saturated rings. The number of aliphatic hydroxyl groups is 1. The monoisotopic (exact) mass is 255 g/mol. The zero-order chi connectivity index (χ0) is 13.4. The Morgan fingerprint density at radius 3 is 3.06 bits per heavy atom. The maximum absolute atomic E-state index is 11.3. The highest BCUT2D eigenvalue weighted by atomic mass is 16.5. The van der Waals surface area contributed by atoms with E-state index in [0.717, 1.165) is 24.9 Å². The maximum Gasteiger partial charge on any atom is 0.374 e. The molecule has 1 unspecified atom stereocenters. The third-order valence-corrected chi connectivity index (χ3v) is 2.80. The first-order valence-electron chi connectivity index (χ1n) is 6.15. The summed E-state index contributed by atoms with van der Waals surface area (Å²) >= 11 is 0. The molecule has 2 N–H and O–H groups in total. The lowest BCUT2D eigenvalue weighted by Gasteiger charge is -2.08. The number of nitrogens with one attached hydrogen (secondary N) is 1. The zero-order valence-corrected chi connectivity index (χ0v) is 10.9. The van der Waals surface area contributed by atoms with Gasteiger partial charge in [-0.25, -0.2) is 4.79 Å². The van der Waals surface area contributed by atoms with Gasteiger partial charge in [0, 0.05) is 18.7 Å². The van der Waals surface area contributed by atoms with Crippen molar-refractivity contribution in [1.82, 2.24) is 5.32 Å². The summed E-state index contributed by atoms with van der Waals surface area (Å²) in [5.41, 5.74) is 0.803. The van der Waals surface area contributed by atoms with E-state index in [0.29, 0.717) is 12.5 Å². The standard InChI is InChI=1S/C13H21NO4/c1-10(9-15)4-3-6-14-8-11-5-7-18-12(11)13(16)17-2/h5,7,10,14-15H,3-4,6,8-9H2,1-2H3. The van der Waals surface area contributed by atoms with Crippen LogP contribution < -0.4 is 5.32 Å². The normalized spacial score (nSPS) is 12.4. The number of rotatable bonds is 8. The van der Waals surface area contributed by atoms with Crippen LogP contribution in [0.2, 0.25) is 0 Å². The average Bonchev–Trinajstić information content (AvgIpc) is 2.85. The Bertz CT molecular complexity index is 362. The summed E-state index contributed by atoms with van der Waals surface area (Å²) in [6, 6.07) is 1.76. The maximum atomic E-state index is 11.3. The first kappa shape index (κ1) is 14.7. The number of esters is 1. The molecule has 5 heteroatoms. The minimum absolute atomic E-state index is 0.230. The lowest BCUT2D eigenvalue weighted by molar-refractivity contribution is 0.0563. The second kappa shape index (κ2) is 7.89. The lowest BCUT2D eigenvalue weighted by Crippen LogP contribution is -2.17. The van der Waals surface area contributed by atoms with Gasteiger partial charge >= 0.3 is 5.97 Å². The summed E-state index contributed by atoms with van der Waals surface area (Å²) in [5, 5.41) is 12.1. The van der Waals surface area contributed by atoms with Gasteiger partial charge in [0.2, 0.25) is 5.76 Å². The molecule has 0 aliphatic heterocycles. The largest absolute Gasteiger partial charge is 0.463 e. The van der Waals surface area contributed by atoms with Crippen molar-refractivity contribution in [3.63, 3.8) is 0 Å². The van der Waals surface area contributed by atoms with Crippen molar-refractivity contribution in [3.8, 4) is 0 Å². The Labute approximate surface area is 107 Å². The minimum atomic E-state index is -0.453. The van der Waals surface area contributed by atoms with Crippen LogP contribution in [0.4, 0.5) is 0 Å². The van der Waals surface area contributed by atoms with Crippen LogP contribution in [0.15, 0.2) is 16.7 Å². The molecule has 5 nitrogen and oxygen atoms in total. The van der Waals surface area contributed by atoms with Crippen LogP contribution in [0.1, 0.15) is 35.9 Å². The van der Waals surface area contributed by atoms with E-state index in [1.165, 1.54) is 13.4 Å². The highest BCUT2D eigenvalue weighted by Gasteiger charge is 2.14. The van der Waals surface area contributed by atoms with Crippen LogP contribution >= 0.6 is 0 Å². The molecule has 0 saturated carbocycles. The second-order valence-corrected chi connectivity index (χ2v) is 4.37. The molecule has 1 rings (SSSR count). The van der Waals surface area contributed by atoms with Crippen LogP contribution in [0.25, 0.3) is 0 Å². The van der Waals surface area contributed by atoms with Gasteiger partial charge in [0.15, 0.2) is 0 Å². The number of furan rings is 1. The molecular weight excluding hydrogens is 234 g/mol. The van der Waals surface area contributed by atoms with Gasteiger partial charge in [-0.3, -0.25) is 0 Å². The molecule has 102 valence electrons. The van der Waals surface area contributed by atoms with Crippen LogP contribution in [-0.4, -0.2) is 31.3 Å². The Morgan fingerprint density at radius 1 is 1.61 bits per heavy atom. The molecule has 1 aromatic rings. The molecule has 1 heterocycles. The number of carbonyl (C=O) groups excluding carboxylic acids is 1. The first-order valence-corrected chi connectivity index (χ1v) is 6.15. The van der Waals surface area contributed by atoms with Crippen LogP contribution in [-0.2, 0) is 11.3 Å². The molecule has 0 aromatic carbocycles.